The topological polar surface area (TPSA) is 40.9 Å². The molecule has 0 amide bonds. The van der Waals surface area contributed by atoms with Gasteiger partial charge in [-0.05, 0) is 0 Å². The van der Waals surface area contributed by atoms with Gasteiger partial charge in [0.15, 0.2) is 0 Å². The van der Waals surface area contributed by atoms with Crippen molar-refractivity contribution in [1.82, 2.24) is 0 Å². The molecule has 0 aliphatic rings. The summed E-state index contributed by atoms with van der Waals surface area (Å²) >= 11 is -0.839. The van der Waals surface area contributed by atoms with Gasteiger partial charge in [-0.25, -0.2) is 10.2 Å². The SMILES string of the molecule is CCC[CH2][Sn]([CH2]CCC)[CH2]CCC.N=C=O. The zero-order valence-corrected chi connectivity index (χ0v) is 14.1. The maximum Gasteiger partial charge on any atom is 0.231 e. The molecule has 0 atom stereocenters. The number of isocyanates is 1. The fourth-order valence-electron chi connectivity index (χ4n) is 1.66. The van der Waals surface area contributed by atoms with E-state index in [1.54, 1.807) is 13.3 Å². The van der Waals surface area contributed by atoms with E-state index < -0.39 is 19.8 Å². The number of carbonyl (C=O) groups excluding carboxylic acids is 1. The van der Waals surface area contributed by atoms with Crippen LogP contribution in [0.15, 0.2) is 0 Å². The van der Waals surface area contributed by atoms with Gasteiger partial charge in [-0.15, -0.1) is 0 Å². The van der Waals surface area contributed by atoms with Crippen LogP contribution in [0.3, 0.4) is 0 Å². The molecule has 0 rings (SSSR count). The predicted molar refractivity (Wildman–Crippen MR) is 73.3 cm³/mol. The number of hydrogen-bond acceptors (Lipinski definition) is 2. The van der Waals surface area contributed by atoms with Crippen LogP contribution in [-0.2, 0) is 4.79 Å². The summed E-state index contributed by atoms with van der Waals surface area (Å²) in [6, 6.07) is 0. The van der Waals surface area contributed by atoms with E-state index in [0.29, 0.717) is 0 Å². The Hall–Kier alpha value is 0.179. The molecule has 0 unspecified atom stereocenters. The second-order valence-corrected chi connectivity index (χ2v) is 12.7. The zero-order chi connectivity index (χ0) is 12.6. The van der Waals surface area contributed by atoms with Gasteiger partial charge in [0.25, 0.3) is 0 Å². The molecule has 0 bridgehead atoms. The summed E-state index contributed by atoms with van der Waals surface area (Å²) in [5.74, 6) is 0. The third-order valence-corrected chi connectivity index (χ3v) is 11.7. The standard InChI is InChI=1S/3C4H9.CHNO.Sn/c3*1-3-4-2;2-1-3;/h3*1,3-4H2,2H3;2H;. The van der Waals surface area contributed by atoms with Crippen LogP contribution in [0.2, 0.25) is 13.3 Å². The third-order valence-electron chi connectivity index (χ3n) is 2.65. The predicted octanol–water partition coefficient (Wildman–Crippen LogP) is 4.78. The van der Waals surface area contributed by atoms with Crippen LogP contribution in [-0.4, -0.2) is 25.8 Å². The van der Waals surface area contributed by atoms with Crippen LogP contribution < -0.4 is 0 Å². The van der Waals surface area contributed by atoms with Gasteiger partial charge < -0.3 is 0 Å². The second kappa shape index (κ2) is 17.6. The second-order valence-electron chi connectivity index (χ2n) is 4.16. The van der Waals surface area contributed by atoms with Crippen molar-refractivity contribution >= 4 is 25.8 Å². The van der Waals surface area contributed by atoms with Crippen LogP contribution in [0.5, 0.6) is 0 Å². The number of rotatable bonds is 9. The molecular weight excluding hydrogens is 305 g/mol. The summed E-state index contributed by atoms with van der Waals surface area (Å²) in [7, 11) is 0. The molecule has 0 aromatic carbocycles. The molecule has 0 aliphatic heterocycles. The van der Waals surface area contributed by atoms with Crippen molar-refractivity contribution in [3.8, 4) is 0 Å². The van der Waals surface area contributed by atoms with Crippen molar-refractivity contribution in [2.75, 3.05) is 0 Å². The molecule has 0 saturated carbocycles. The minimum atomic E-state index is -0.839. The van der Waals surface area contributed by atoms with E-state index in [1.165, 1.54) is 38.5 Å². The Morgan fingerprint density at radius 3 is 1.31 bits per heavy atom. The van der Waals surface area contributed by atoms with E-state index in [1.807, 2.05) is 0 Å². The van der Waals surface area contributed by atoms with Gasteiger partial charge in [-0.1, -0.05) is 0 Å². The summed E-state index contributed by atoms with van der Waals surface area (Å²) in [6.45, 7) is 7.00. The van der Waals surface area contributed by atoms with E-state index in [0.717, 1.165) is 6.08 Å². The van der Waals surface area contributed by atoms with E-state index in [2.05, 4.69) is 20.8 Å². The maximum absolute atomic E-state index is 8.35. The van der Waals surface area contributed by atoms with Crippen LogP contribution >= 0.6 is 0 Å². The minimum absolute atomic E-state index is 0.750. The van der Waals surface area contributed by atoms with E-state index >= 15 is 0 Å². The number of hydrogen-bond donors (Lipinski definition) is 1. The fourth-order valence-corrected chi connectivity index (χ4v) is 11.1. The summed E-state index contributed by atoms with van der Waals surface area (Å²) in [5.41, 5.74) is 0. The van der Waals surface area contributed by atoms with Crippen molar-refractivity contribution in [1.29, 1.82) is 5.41 Å². The molecule has 0 aliphatic carbocycles. The molecule has 0 heterocycles. The Labute approximate surface area is 108 Å². The Bertz CT molecular complexity index is 137. The zero-order valence-electron chi connectivity index (χ0n) is 11.3. The molecular formula is C13H28NOSn. The van der Waals surface area contributed by atoms with E-state index in [-0.39, 0.29) is 0 Å². The van der Waals surface area contributed by atoms with Crippen molar-refractivity contribution in [3.63, 3.8) is 0 Å². The van der Waals surface area contributed by atoms with E-state index in [9.17, 15) is 0 Å². The molecule has 16 heavy (non-hydrogen) atoms. The molecule has 1 N–H and O–H groups in total. The molecule has 0 spiro atoms. The van der Waals surface area contributed by atoms with Crippen molar-refractivity contribution in [2.24, 2.45) is 0 Å². The molecule has 0 aromatic rings. The van der Waals surface area contributed by atoms with Crippen LogP contribution in [0.25, 0.3) is 0 Å². The molecule has 2 nitrogen and oxygen atoms in total. The van der Waals surface area contributed by atoms with Crippen LogP contribution in [0.4, 0.5) is 0 Å². The third kappa shape index (κ3) is 16.6. The average Bonchev–Trinajstić information content (AvgIpc) is 2.29. The quantitative estimate of drug-likeness (QED) is 0.368. The first-order valence-electron chi connectivity index (χ1n) is 6.64. The normalized spacial score (nSPS) is 9.50. The smallest absolute Gasteiger partial charge is 0.222 e. The van der Waals surface area contributed by atoms with Gasteiger partial charge >= 0.3 is 92.4 Å². The van der Waals surface area contributed by atoms with Gasteiger partial charge in [0.05, 0.1) is 0 Å². The molecule has 0 fully saturated rings. The summed E-state index contributed by atoms with van der Waals surface area (Å²) < 4.78 is 5.04. The minimum Gasteiger partial charge on any atom is -0.222 e. The van der Waals surface area contributed by atoms with Gasteiger partial charge in [0.1, 0.15) is 0 Å². The average molecular weight is 333 g/mol. The van der Waals surface area contributed by atoms with Crippen molar-refractivity contribution in [3.05, 3.63) is 0 Å². The van der Waals surface area contributed by atoms with Gasteiger partial charge in [0, 0.05) is 0 Å². The molecule has 95 valence electrons. The van der Waals surface area contributed by atoms with Gasteiger partial charge in [0.2, 0.25) is 6.08 Å². The summed E-state index contributed by atoms with van der Waals surface area (Å²) in [4.78, 5) is 8.35. The number of unbranched alkanes of at least 4 members (excludes halogenated alkanes) is 3. The first kappa shape index (κ1) is 18.5. The molecule has 1 radical (unpaired) electrons. The summed E-state index contributed by atoms with van der Waals surface area (Å²) in [6.07, 6.45) is 9.60. The first-order chi connectivity index (χ1) is 7.76. The van der Waals surface area contributed by atoms with Crippen LogP contribution in [0.1, 0.15) is 59.3 Å². The Kier molecular flexibility index (Phi) is 20.4. The molecule has 0 saturated heterocycles. The monoisotopic (exact) mass is 334 g/mol. The Balaban J connectivity index is 0. The largest absolute Gasteiger partial charge is 0.231 e. The number of nitrogens with one attached hydrogen (secondary N) is 1. The molecule has 3 heteroatoms. The molecule has 0 aromatic heterocycles. The van der Waals surface area contributed by atoms with Gasteiger partial charge in [-0.3, -0.25) is 0 Å². The van der Waals surface area contributed by atoms with Crippen molar-refractivity contribution < 1.29 is 4.79 Å². The van der Waals surface area contributed by atoms with Crippen LogP contribution in [0, 0.1) is 5.41 Å². The Morgan fingerprint density at radius 1 is 0.875 bits per heavy atom. The van der Waals surface area contributed by atoms with Gasteiger partial charge in [-0.2, -0.15) is 0 Å². The maximum atomic E-state index is 8.35. The fraction of sp³-hybridized carbons (Fsp3) is 0.923. The summed E-state index contributed by atoms with van der Waals surface area (Å²) in [5, 5.41) is 5.40. The first-order valence-corrected chi connectivity index (χ1v) is 12.7. The van der Waals surface area contributed by atoms with Crippen molar-refractivity contribution in [2.45, 2.75) is 72.6 Å². The van der Waals surface area contributed by atoms with E-state index in [4.69, 9.17) is 10.2 Å². The Morgan fingerprint density at radius 2 is 1.12 bits per heavy atom.